The third kappa shape index (κ3) is 3.27. The number of allylic oxidation sites excluding steroid dienone is 2. The van der Waals surface area contributed by atoms with Crippen molar-refractivity contribution in [2.45, 2.75) is 24.2 Å². The maximum absolute atomic E-state index is 11.9. The molecule has 0 amide bonds. The summed E-state index contributed by atoms with van der Waals surface area (Å²) >= 11 is 0. The van der Waals surface area contributed by atoms with Crippen LogP contribution < -0.4 is 0 Å². The van der Waals surface area contributed by atoms with Crippen LogP contribution in [-0.4, -0.2) is 24.2 Å². The molecule has 0 unspecified atom stereocenters. The normalized spacial score (nSPS) is 15.9. The molecule has 0 bridgehead atoms. The topological polar surface area (TPSA) is 0 Å². The minimum absolute atomic E-state index is 1.53. The number of hydrogen-bond acceptors (Lipinski definition) is 0. The summed E-state index contributed by atoms with van der Waals surface area (Å²) in [5.74, 6) is -11.5. The first-order valence-electron chi connectivity index (χ1n) is 3.30. The van der Waals surface area contributed by atoms with Gasteiger partial charge in [-0.1, -0.05) is 0 Å². The van der Waals surface area contributed by atoms with Crippen LogP contribution in [0.3, 0.4) is 0 Å². The van der Waals surface area contributed by atoms with Crippen molar-refractivity contribution in [3.8, 4) is 0 Å². The summed E-state index contributed by atoms with van der Waals surface area (Å²) in [4.78, 5) is 0. The van der Waals surface area contributed by atoms with E-state index >= 15 is 0 Å². The minimum atomic E-state index is -6.23. The van der Waals surface area contributed by atoms with E-state index in [2.05, 4.69) is 0 Å². The lowest BCUT2D eigenvalue weighted by Gasteiger charge is -2.18. The second kappa shape index (κ2) is 3.81. The molecule has 16 heavy (non-hydrogen) atoms. The van der Waals surface area contributed by atoms with E-state index in [4.69, 9.17) is 0 Å². The van der Waals surface area contributed by atoms with Crippen LogP contribution in [-0.2, 0) is 0 Å². The smallest absolute Gasteiger partial charge is 0.192 e. The zero-order chi connectivity index (χ0) is 13.4. The van der Waals surface area contributed by atoms with Gasteiger partial charge in [-0.15, -0.1) is 0 Å². The Balaban J connectivity index is 5.01. The molecule has 0 aliphatic heterocycles. The Hall–Kier alpha value is -0.960. The molecule has 0 aromatic carbocycles. The lowest BCUT2D eigenvalue weighted by molar-refractivity contribution is -0.267. The van der Waals surface area contributed by atoms with Gasteiger partial charge in [-0.25, -0.2) is 0 Å². The molecule has 0 heterocycles. The molecule has 0 atom stereocenters. The third-order valence-corrected chi connectivity index (χ3v) is 1.26. The highest BCUT2D eigenvalue weighted by Crippen LogP contribution is 2.40. The Morgan fingerprint density at radius 2 is 0.625 bits per heavy atom. The van der Waals surface area contributed by atoms with Crippen molar-refractivity contribution in [3.63, 3.8) is 0 Å². The fourth-order valence-corrected chi connectivity index (χ4v) is 0.398. The second-order valence-corrected chi connectivity index (χ2v) is 2.57. The van der Waals surface area contributed by atoms with Crippen molar-refractivity contribution < 1.29 is 43.9 Å². The first-order chi connectivity index (χ1) is 6.71. The van der Waals surface area contributed by atoms with E-state index in [0.29, 0.717) is 0 Å². The molecule has 0 spiro atoms. The highest BCUT2D eigenvalue weighted by Gasteiger charge is 2.59. The lowest BCUT2D eigenvalue weighted by Crippen LogP contribution is -2.38. The van der Waals surface area contributed by atoms with E-state index in [9.17, 15) is 43.9 Å². The molecule has 0 aliphatic carbocycles. The zero-order valence-corrected chi connectivity index (χ0v) is 6.93. The number of alkyl halides is 10. The summed E-state index contributed by atoms with van der Waals surface area (Å²) in [6, 6.07) is 0. The number of hydrogen-bond donors (Lipinski definition) is 0. The molecule has 0 aliphatic rings. The van der Waals surface area contributed by atoms with Crippen molar-refractivity contribution in [1.82, 2.24) is 0 Å². The van der Waals surface area contributed by atoms with E-state index in [1.807, 2.05) is 0 Å². The van der Waals surface area contributed by atoms with Gasteiger partial charge < -0.3 is 0 Å². The van der Waals surface area contributed by atoms with E-state index in [1.54, 1.807) is 0 Å². The first-order valence-corrected chi connectivity index (χ1v) is 3.30. The van der Waals surface area contributed by atoms with Crippen LogP contribution >= 0.6 is 0 Å². The summed E-state index contributed by atoms with van der Waals surface area (Å²) in [6.45, 7) is 0. The fourth-order valence-electron chi connectivity index (χ4n) is 0.398. The Labute approximate surface area is 81.5 Å². The van der Waals surface area contributed by atoms with Gasteiger partial charge in [-0.3, -0.25) is 0 Å². The van der Waals surface area contributed by atoms with Crippen LogP contribution in [0.5, 0.6) is 0 Å². The molecule has 0 nitrogen and oxygen atoms in total. The number of rotatable bonds is 2. The monoisotopic (exact) mass is 264 g/mol. The average molecular weight is 264 g/mol. The van der Waals surface area contributed by atoms with E-state index in [-0.39, 0.29) is 0 Å². The lowest BCUT2D eigenvalue weighted by atomic mass is 10.2. The highest BCUT2D eigenvalue weighted by atomic mass is 19.4. The van der Waals surface area contributed by atoms with Crippen LogP contribution in [0.1, 0.15) is 0 Å². The molecule has 0 aromatic heterocycles. The summed E-state index contributed by atoms with van der Waals surface area (Å²) < 4.78 is 116. The van der Waals surface area contributed by atoms with Crippen LogP contribution in [0.2, 0.25) is 0 Å². The third-order valence-electron chi connectivity index (χ3n) is 1.26. The van der Waals surface area contributed by atoms with Gasteiger partial charge in [0.2, 0.25) is 0 Å². The molecule has 0 saturated carbocycles. The average Bonchev–Trinajstić information content (AvgIpc) is 1.97. The van der Waals surface area contributed by atoms with Crippen molar-refractivity contribution >= 4 is 0 Å². The van der Waals surface area contributed by atoms with Gasteiger partial charge in [0.1, 0.15) is 0 Å². The Bertz CT molecular complexity index is 238. The van der Waals surface area contributed by atoms with Gasteiger partial charge in [0.25, 0.3) is 0 Å². The summed E-state index contributed by atoms with van der Waals surface area (Å²) in [6.07, 6.45) is -15.5. The van der Waals surface area contributed by atoms with Crippen molar-refractivity contribution in [1.29, 1.82) is 0 Å². The molecule has 0 fully saturated rings. The van der Waals surface area contributed by atoms with Crippen molar-refractivity contribution in [2.75, 3.05) is 0 Å². The zero-order valence-electron chi connectivity index (χ0n) is 6.93. The van der Waals surface area contributed by atoms with Gasteiger partial charge in [-0.2, -0.15) is 43.9 Å². The Morgan fingerprint density at radius 3 is 0.750 bits per heavy atom. The molecule has 96 valence electrons. The molecule has 0 aromatic rings. The van der Waals surface area contributed by atoms with Gasteiger partial charge in [0, 0.05) is 0 Å². The van der Waals surface area contributed by atoms with E-state index in [1.165, 1.54) is 0 Å². The van der Waals surface area contributed by atoms with Crippen molar-refractivity contribution in [2.24, 2.45) is 0 Å². The van der Waals surface area contributed by atoms with Crippen LogP contribution in [0, 0.1) is 0 Å². The Morgan fingerprint density at radius 1 is 0.438 bits per heavy atom. The van der Waals surface area contributed by atoms with Gasteiger partial charge in [-0.05, 0) is 12.2 Å². The van der Waals surface area contributed by atoms with Gasteiger partial charge in [0.05, 0.1) is 0 Å². The molecular formula is C6H2F10. The van der Waals surface area contributed by atoms with Crippen LogP contribution in [0.15, 0.2) is 12.2 Å². The molecule has 0 rings (SSSR count). The first kappa shape index (κ1) is 15.0. The molecular weight excluding hydrogens is 262 g/mol. The second-order valence-electron chi connectivity index (χ2n) is 2.57. The number of halogens is 10. The van der Waals surface area contributed by atoms with Gasteiger partial charge >= 0.3 is 24.2 Å². The quantitative estimate of drug-likeness (QED) is 0.523. The van der Waals surface area contributed by atoms with Crippen LogP contribution in [0.25, 0.3) is 0 Å². The fraction of sp³-hybridized carbons (Fsp3) is 0.667. The van der Waals surface area contributed by atoms with Gasteiger partial charge in [0.15, 0.2) is 0 Å². The minimum Gasteiger partial charge on any atom is -0.192 e. The highest BCUT2D eigenvalue weighted by molar-refractivity contribution is 5.07. The Kier molecular flexibility index (Phi) is 3.58. The largest absolute Gasteiger partial charge is 0.457 e. The molecule has 0 N–H and O–H groups in total. The SMILES string of the molecule is FC(F)(F)C(F)(F)C=CC(F)(F)C(F)(F)F. The van der Waals surface area contributed by atoms with Crippen LogP contribution in [0.4, 0.5) is 43.9 Å². The van der Waals surface area contributed by atoms with Crippen molar-refractivity contribution in [3.05, 3.63) is 12.2 Å². The molecule has 0 saturated heterocycles. The maximum atomic E-state index is 11.9. The molecule has 10 heteroatoms. The predicted octanol–water partition coefficient (Wildman–Crippen LogP) is 3.94. The summed E-state index contributed by atoms with van der Waals surface area (Å²) in [7, 11) is 0. The predicted molar refractivity (Wildman–Crippen MR) is 31.1 cm³/mol. The summed E-state index contributed by atoms with van der Waals surface area (Å²) in [5, 5.41) is 0. The van der Waals surface area contributed by atoms with E-state index < -0.39 is 36.3 Å². The standard InChI is InChI=1S/C6H2F10/c7-3(8,5(11,12)13)1-2-4(9,10)6(14,15)16/h1-2H. The molecule has 0 radical (unpaired) electrons. The maximum Gasteiger partial charge on any atom is 0.457 e. The summed E-state index contributed by atoms with van der Waals surface area (Å²) in [5.41, 5.74) is 0. The van der Waals surface area contributed by atoms with E-state index in [0.717, 1.165) is 0 Å².